The fraction of sp³-hybridized carbons (Fsp3) is 0.400. The Morgan fingerprint density at radius 2 is 2.19 bits per heavy atom. The van der Waals surface area contributed by atoms with Gasteiger partial charge in [-0.3, -0.25) is 0 Å². The molecule has 0 saturated carbocycles. The molecule has 3 aromatic rings. The zero-order chi connectivity index (χ0) is 14.6. The molecule has 1 saturated heterocycles. The quantitative estimate of drug-likeness (QED) is 0.802. The molecule has 0 atom stereocenters. The van der Waals surface area contributed by atoms with Crippen molar-refractivity contribution in [1.82, 2.24) is 19.3 Å². The lowest BCUT2D eigenvalue weighted by Gasteiger charge is -2.32. The third-order valence-corrected chi connectivity index (χ3v) is 3.66. The summed E-state index contributed by atoms with van der Waals surface area (Å²) in [4.78, 5) is 10.2. The van der Waals surface area contributed by atoms with E-state index in [1.54, 1.807) is 0 Å². The van der Waals surface area contributed by atoms with Gasteiger partial charge in [-0.2, -0.15) is 0 Å². The Kier molecular flexibility index (Phi) is 2.78. The number of aromatic amines is 1. The van der Waals surface area contributed by atoms with Crippen LogP contribution in [-0.2, 0) is 16.0 Å². The molecular weight excluding hydrogens is 268 g/mol. The van der Waals surface area contributed by atoms with Crippen molar-refractivity contribution >= 4 is 16.6 Å². The zero-order valence-corrected chi connectivity index (χ0v) is 12.3. The van der Waals surface area contributed by atoms with Crippen molar-refractivity contribution in [2.24, 2.45) is 0 Å². The van der Waals surface area contributed by atoms with Crippen molar-refractivity contribution in [3.8, 4) is 0 Å². The highest BCUT2D eigenvalue weighted by molar-refractivity contribution is 5.92. The maximum atomic E-state index is 5.54. The summed E-state index contributed by atoms with van der Waals surface area (Å²) in [5, 5.41) is 1.09. The van der Waals surface area contributed by atoms with Gasteiger partial charge in [0.2, 0.25) is 6.29 Å². The van der Waals surface area contributed by atoms with Gasteiger partial charge >= 0.3 is 0 Å². The average molecular weight is 286 g/mol. The minimum absolute atomic E-state index is 0.125. The molecule has 21 heavy (non-hydrogen) atoms. The van der Waals surface area contributed by atoms with E-state index < -0.39 is 0 Å². The van der Waals surface area contributed by atoms with Gasteiger partial charge in [-0.1, -0.05) is 0 Å². The predicted octanol–water partition coefficient (Wildman–Crippen LogP) is 2.27. The van der Waals surface area contributed by atoms with E-state index in [-0.39, 0.29) is 12.6 Å². The molecule has 0 aromatic carbocycles. The number of hydrogen-bond acceptors (Lipinski definition) is 4. The van der Waals surface area contributed by atoms with Crippen molar-refractivity contribution in [2.75, 3.05) is 14.1 Å². The number of pyridine rings is 1. The van der Waals surface area contributed by atoms with Crippen LogP contribution in [-0.4, -0.2) is 39.7 Å². The molecule has 6 heteroatoms. The van der Waals surface area contributed by atoms with E-state index in [2.05, 4.69) is 32.6 Å². The second-order valence-electron chi connectivity index (χ2n) is 5.74. The first-order valence-electron chi connectivity index (χ1n) is 7.05. The molecule has 4 heterocycles. The van der Waals surface area contributed by atoms with E-state index in [0.717, 1.165) is 34.5 Å². The first-order chi connectivity index (χ1) is 10.1. The molecule has 0 radical (unpaired) electrons. The first kappa shape index (κ1) is 12.8. The van der Waals surface area contributed by atoms with Crippen LogP contribution in [0.1, 0.15) is 24.6 Å². The average Bonchev–Trinajstić information content (AvgIpc) is 2.96. The van der Waals surface area contributed by atoms with Crippen LogP contribution in [0.5, 0.6) is 0 Å². The van der Waals surface area contributed by atoms with Gasteiger partial charge in [0, 0.05) is 24.3 Å². The normalized spacial score (nSPS) is 22.3. The fourth-order valence-electron chi connectivity index (χ4n) is 2.75. The summed E-state index contributed by atoms with van der Waals surface area (Å²) in [6.45, 7) is 2.71. The number of aromatic nitrogens is 3. The Labute approximate surface area is 122 Å². The molecule has 0 unspecified atom stereocenters. The molecule has 110 valence electrons. The summed E-state index contributed by atoms with van der Waals surface area (Å²) in [5.41, 5.74) is 4.00. The highest BCUT2D eigenvalue weighted by atomic mass is 16.9. The Morgan fingerprint density at radius 1 is 1.38 bits per heavy atom. The highest BCUT2D eigenvalue weighted by Gasteiger charge is 2.30. The number of hydrogen-bond donors (Lipinski definition) is 1. The molecule has 4 rings (SSSR count). The molecule has 1 aliphatic heterocycles. The van der Waals surface area contributed by atoms with Crippen LogP contribution in [0.3, 0.4) is 0 Å². The number of nitrogens with zero attached hydrogens (tertiary/aromatic N) is 3. The summed E-state index contributed by atoms with van der Waals surface area (Å²) in [7, 11) is 4.08. The molecule has 1 N–H and O–H groups in total. The number of H-pyrrole nitrogens is 1. The van der Waals surface area contributed by atoms with E-state index in [4.69, 9.17) is 14.5 Å². The maximum absolute atomic E-state index is 5.54. The van der Waals surface area contributed by atoms with Gasteiger partial charge in [-0.05, 0) is 33.2 Å². The van der Waals surface area contributed by atoms with Crippen molar-refractivity contribution in [1.29, 1.82) is 0 Å². The number of fused-ring (bicyclic) bond motifs is 3. The topological polar surface area (TPSA) is 54.8 Å². The standard InChI is InChI=1S/C15H18N4O2/c1-9-20-15(21-9)13-6-11-12(17-13)4-5-19-8-10(7-18(2)3)16-14(11)19/h4-6,8-9,15,17H,7H2,1-3H3. The summed E-state index contributed by atoms with van der Waals surface area (Å²) < 4.78 is 13.1. The van der Waals surface area contributed by atoms with Gasteiger partial charge in [0.25, 0.3) is 0 Å². The van der Waals surface area contributed by atoms with Crippen LogP contribution in [0, 0.1) is 0 Å². The molecule has 0 spiro atoms. The predicted molar refractivity (Wildman–Crippen MR) is 78.8 cm³/mol. The van der Waals surface area contributed by atoms with E-state index in [1.165, 1.54) is 0 Å². The summed E-state index contributed by atoms with van der Waals surface area (Å²) in [6.07, 6.45) is 3.68. The lowest BCUT2D eigenvalue weighted by Crippen LogP contribution is -2.31. The number of imidazole rings is 1. The second kappa shape index (κ2) is 4.56. The molecule has 1 aliphatic rings. The van der Waals surface area contributed by atoms with E-state index in [9.17, 15) is 0 Å². The van der Waals surface area contributed by atoms with E-state index >= 15 is 0 Å². The third-order valence-electron chi connectivity index (χ3n) is 3.66. The summed E-state index contributed by atoms with van der Waals surface area (Å²) >= 11 is 0. The Bertz CT molecular complexity index is 799. The van der Waals surface area contributed by atoms with Crippen LogP contribution in [0.15, 0.2) is 24.5 Å². The minimum Gasteiger partial charge on any atom is -0.354 e. The maximum Gasteiger partial charge on any atom is 0.204 e. The van der Waals surface area contributed by atoms with Gasteiger partial charge in [0.15, 0.2) is 6.29 Å². The number of ether oxygens (including phenoxy) is 2. The molecule has 0 aliphatic carbocycles. The Hall–Kier alpha value is -1.89. The lowest BCUT2D eigenvalue weighted by molar-refractivity contribution is -0.383. The third kappa shape index (κ3) is 2.12. The van der Waals surface area contributed by atoms with Gasteiger partial charge in [-0.25, -0.2) is 4.98 Å². The largest absolute Gasteiger partial charge is 0.354 e. The van der Waals surface area contributed by atoms with Crippen molar-refractivity contribution < 1.29 is 9.47 Å². The van der Waals surface area contributed by atoms with Crippen molar-refractivity contribution in [3.05, 3.63) is 35.9 Å². The fourth-order valence-corrected chi connectivity index (χ4v) is 2.75. The zero-order valence-electron chi connectivity index (χ0n) is 12.3. The first-order valence-corrected chi connectivity index (χ1v) is 7.05. The molecule has 1 fully saturated rings. The van der Waals surface area contributed by atoms with E-state index in [1.807, 2.05) is 27.2 Å². The second-order valence-corrected chi connectivity index (χ2v) is 5.74. The summed E-state index contributed by atoms with van der Waals surface area (Å²) in [5.74, 6) is 0. The molecule has 3 aromatic heterocycles. The monoisotopic (exact) mass is 286 g/mol. The van der Waals surface area contributed by atoms with Crippen molar-refractivity contribution in [3.63, 3.8) is 0 Å². The van der Waals surface area contributed by atoms with E-state index in [0.29, 0.717) is 0 Å². The van der Waals surface area contributed by atoms with Crippen LogP contribution in [0.4, 0.5) is 0 Å². The highest BCUT2D eigenvalue weighted by Crippen LogP contribution is 2.33. The molecule has 0 bridgehead atoms. The van der Waals surface area contributed by atoms with Crippen molar-refractivity contribution in [2.45, 2.75) is 26.0 Å². The minimum atomic E-state index is -0.288. The van der Waals surface area contributed by atoms with Gasteiger partial charge in [-0.15, -0.1) is 0 Å². The van der Waals surface area contributed by atoms with Crippen LogP contribution >= 0.6 is 0 Å². The summed E-state index contributed by atoms with van der Waals surface area (Å²) in [6, 6.07) is 4.11. The molecule has 6 nitrogen and oxygen atoms in total. The Morgan fingerprint density at radius 3 is 2.90 bits per heavy atom. The molecule has 0 amide bonds. The van der Waals surface area contributed by atoms with Gasteiger partial charge in [0.1, 0.15) is 5.65 Å². The van der Waals surface area contributed by atoms with Crippen LogP contribution in [0.2, 0.25) is 0 Å². The SMILES string of the molecule is CC1OC(c2cc3c(ccn4cc(CN(C)C)nc34)[nH]2)O1. The smallest absolute Gasteiger partial charge is 0.204 e. The van der Waals surface area contributed by atoms with Gasteiger partial charge < -0.3 is 23.8 Å². The van der Waals surface area contributed by atoms with Crippen LogP contribution in [0.25, 0.3) is 16.6 Å². The lowest BCUT2D eigenvalue weighted by atomic mass is 10.3. The molecular formula is C15H18N4O2. The Balaban J connectivity index is 1.78. The number of nitrogens with one attached hydrogen (secondary N) is 1. The number of rotatable bonds is 3. The van der Waals surface area contributed by atoms with Gasteiger partial charge in [0.05, 0.1) is 16.9 Å². The van der Waals surface area contributed by atoms with Crippen LogP contribution < -0.4 is 0 Å².